The van der Waals surface area contributed by atoms with E-state index in [2.05, 4.69) is 0 Å². The van der Waals surface area contributed by atoms with E-state index in [4.69, 9.17) is 0 Å². The van der Waals surface area contributed by atoms with Gasteiger partial charge < -0.3 is 9.90 Å². The zero-order chi connectivity index (χ0) is 18.0. The summed E-state index contributed by atoms with van der Waals surface area (Å²) in [5, 5.41) is 21.4. The summed E-state index contributed by atoms with van der Waals surface area (Å²) in [6.45, 7) is -0.607. The molecule has 1 aliphatic carbocycles. The van der Waals surface area contributed by atoms with E-state index in [0.29, 0.717) is 18.3 Å². The molecular weight excluding hydrogens is 322 g/mol. The van der Waals surface area contributed by atoms with Crippen LogP contribution >= 0.6 is 0 Å². The quantitative estimate of drug-likeness (QED) is 0.391. The van der Waals surface area contributed by atoms with Crippen molar-refractivity contribution in [3.63, 3.8) is 0 Å². The first-order chi connectivity index (χ1) is 12.0. The van der Waals surface area contributed by atoms with E-state index in [1.54, 1.807) is 24.3 Å². The zero-order valence-electron chi connectivity index (χ0n) is 13.4. The molecule has 2 aromatic rings. The van der Waals surface area contributed by atoms with Crippen molar-refractivity contribution in [3.05, 3.63) is 75.3 Å². The van der Waals surface area contributed by atoms with Gasteiger partial charge in [0.1, 0.15) is 17.5 Å². The van der Waals surface area contributed by atoms with E-state index in [1.165, 1.54) is 12.1 Å². The average molecular weight is 339 g/mol. The largest absolute Gasteiger partial charge is 0.508 e. The second-order valence-electron chi connectivity index (χ2n) is 6.27. The summed E-state index contributed by atoms with van der Waals surface area (Å²) in [6.07, 6.45) is 1.19. The maximum atomic E-state index is 13.1. The molecule has 1 aliphatic rings. The number of aldehydes is 1. The number of phenols is 1. The first kappa shape index (κ1) is 16.8. The Morgan fingerprint density at radius 2 is 1.88 bits per heavy atom. The van der Waals surface area contributed by atoms with Crippen LogP contribution in [0.3, 0.4) is 0 Å². The van der Waals surface area contributed by atoms with Crippen molar-refractivity contribution in [1.29, 1.82) is 0 Å². The highest BCUT2D eigenvalue weighted by molar-refractivity contribution is 6.11. The zero-order valence-corrected chi connectivity index (χ0v) is 13.4. The van der Waals surface area contributed by atoms with Gasteiger partial charge in [0.2, 0.25) is 6.54 Å². The number of rotatable bonds is 5. The molecule has 0 heterocycles. The molecule has 0 amide bonds. The first-order valence-electron chi connectivity index (χ1n) is 7.98. The number of fused-ring (bicyclic) bond motifs is 1. The number of carbonyl (C=O) groups excluding carboxylic acids is 2. The molecule has 0 bridgehead atoms. The minimum Gasteiger partial charge on any atom is -0.508 e. The molecule has 1 unspecified atom stereocenters. The molecular formula is C19H17NO5. The Kier molecular flexibility index (Phi) is 4.35. The minimum absolute atomic E-state index is 0.151. The third-order valence-electron chi connectivity index (χ3n) is 4.97. The monoisotopic (exact) mass is 339 g/mol. The summed E-state index contributed by atoms with van der Waals surface area (Å²) in [7, 11) is 0. The lowest BCUT2D eigenvalue weighted by atomic mass is 9.62. The van der Waals surface area contributed by atoms with Gasteiger partial charge in [-0.25, -0.2) is 0 Å². The SMILES string of the molecule is O=C[C@@]1(C(C[N+](=O)[O-])c2ccccc2O)CCc2ccccc2C1=O. The highest BCUT2D eigenvalue weighted by Gasteiger charge is 2.51. The van der Waals surface area contributed by atoms with Crippen molar-refractivity contribution >= 4 is 12.1 Å². The van der Waals surface area contributed by atoms with E-state index in [9.17, 15) is 24.8 Å². The molecule has 0 aromatic heterocycles. The number of nitro groups is 1. The average Bonchev–Trinajstić information content (AvgIpc) is 2.61. The Labute approximate surface area is 144 Å². The smallest absolute Gasteiger partial charge is 0.212 e. The minimum atomic E-state index is -1.56. The van der Waals surface area contributed by atoms with E-state index in [1.807, 2.05) is 12.1 Å². The molecule has 6 heteroatoms. The van der Waals surface area contributed by atoms with Crippen LogP contribution in [0.25, 0.3) is 0 Å². The molecule has 0 fully saturated rings. The number of nitrogens with zero attached hydrogens (tertiary/aromatic N) is 1. The number of Topliss-reactive ketones (excluding diaryl/α,β-unsaturated/α-hetero) is 1. The predicted octanol–water partition coefficient (Wildman–Crippen LogP) is 2.77. The highest BCUT2D eigenvalue weighted by atomic mass is 16.6. The van der Waals surface area contributed by atoms with Gasteiger partial charge in [0.05, 0.1) is 5.92 Å². The van der Waals surface area contributed by atoms with Gasteiger partial charge in [0.15, 0.2) is 5.78 Å². The van der Waals surface area contributed by atoms with Gasteiger partial charge >= 0.3 is 0 Å². The molecule has 0 spiro atoms. The lowest BCUT2D eigenvalue weighted by Gasteiger charge is -2.37. The van der Waals surface area contributed by atoms with Crippen LogP contribution in [-0.2, 0) is 11.2 Å². The van der Waals surface area contributed by atoms with Crippen LogP contribution in [-0.4, -0.2) is 28.6 Å². The van der Waals surface area contributed by atoms with Gasteiger partial charge in [0, 0.05) is 16.1 Å². The molecule has 25 heavy (non-hydrogen) atoms. The van der Waals surface area contributed by atoms with Crippen molar-refractivity contribution in [2.24, 2.45) is 5.41 Å². The van der Waals surface area contributed by atoms with Crippen LogP contribution in [0, 0.1) is 15.5 Å². The maximum absolute atomic E-state index is 13.1. The Balaban J connectivity index is 2.16. The van der Waals surface area contributed by atoms with E-state index in [-0.39, 0.29) is 17.7 Å². The van der Waals surface area contributed by atoms with Crippen LogP contribution in [0.15, 0.2) is 48.5 Å². The molecule has 0 saturated heterocycles. The molecule has 0 radical (unpaired) electrons. The second kappa shape index (κ2) is 6.47. The van der Waals surface area contributed by atoms with Gasteiger partial charge in [0.25, 0.3) is 0 Å². The summed E-state index contributed by atoms with van der Waals surface area (Å²) in [5.41, 5.74) is -0.0500. The molecule has 1 N–H and O–H groups in total. The molecule has 0 aliphatic heterocycles. The van der Waals surface area contributed by atoms with Gasteiger partial charge in [-0.15, -0.1) is 0 Å². The first-order valence-corrected chi connectivity index (χ1v) is 7.98. The Hall–Kier alpha value is -3.02. The number of carbonyl (C=O) groups is 2. The fourth-order valence-electron chi connectivity index (χ4n) is 3.66. The van der Waals surface area contributed by atoms with Crippen LogP contribution in [0.4, 0.5) is 0 Å². The third kappa shape index (κ3) is 2.80. The summed E-state index contributed by atoms with van der Waals surface area (Å²) in [4.78, 5) is 35.9. The standard InChI is InChI=1S/C19H17NO5/c21-12-19(10-9-13-5-1-2-6-14(13)18(19)23)16(11-20(24)25)15-7-3-4-8-17(15)22/h1-8,12,16,22H,9-11H2/t16?,19-/m1/s1. The Morgan fingerprint density at radius 3 is 2.56 bits per heavy atom. The molecule has 128 valence electrons. The van der Waals surface area contributed by atoms with Gasteiger partial charge in [-0.2, -0.15) is 0 Å². The van der Waals surface area contributed by atoms with Crippen LogP contribution in [0.1, 0.15) is 33.8 Å². The molecule has 0 saturated carbocycles. The fraction of sp³-hybridized carbons (Fsp3) is 0.263. The maximum Gasteiger partial charge on any atom is 0.212 e. The lowest BCUT2D eigenvalue weighted by molar-refractivity contribution is -0.485. The van der Waals surface area contributed by atoms with Crippen molar-refractivity contribution < 1.29 is 19.6 Å². The summed E-state index contributed by atoms with van der Waals surface area (Å²) in [6, 6.07) is 13.1. The fourth-order valence-corrected chi connectivity index (χ4v) is 3.66. The Morgan fingerprint density at radius 1 is 1.20 bits per heavy atom. The molecule has 6 nitrogen and oxygen atoms in total. The third-order valence-corrected chi connectivity index (χ3v) is 4.97. The summed E-state index contributed by atoms with van der Waals surface area (Å²) in [5.74, 6) is -1.59. The molecule has 2 aromatic carbocycles. The topological polar surface area (TPSA) is 97.5 Å². The Bertz CT molecular complexity index is 847. The van der Waals surface area contributed by atoms with Gasteiger partial charge in [-0.3, -0.25) is 14.9 Å². The van der Waals surface area contributed by atoms with Crippen molar-refractivity contribution in [2.45, 2.75) is 18.8 Å². The number of aryl methyl sites for hydroxylation is 1. The van der Waals surface area contributed by atoms with Crippen molar-refractivity contribution in [3.8, 4) is 5.75 Å². The number of hydrogen-bond donors (Lipinski definition) is 1. The molecule has 2 atom stereocenters. The molecule has 3 rings (SSSR count). The highest BCUT2D eigenvalue weighted by Crippen LogP contribution is 2.46. The summed E-state index contributed by atoms with van der Waals surface area (Å²) < 4.78 is 0. The van der Waals surface area contributed by atoms with E-state index in [0.717, 1.165) is 5.56 Å². The predicted molar refractivity (Wildman–Crippen MR) is 90.3 cm³/mol. The van der Waals surface area contributed by atoms with Crippen LogP contribution in [0.5, 0.6) is 5.75 Å². The van der Waals surface area contributed by atoms with Gasteiger partial charge in [-0.05, 0) is 24.5 Å². The second-order valence-corrected chi connectivity index (χ2v) is 6.27. The normalized spacial score (nSPS) is 20.6. The lowest BCUT2D eigenvalue weighted by Crippen LogP contribution is -2.45. The van der Waals surface area contributed by atoms with E-state index < -0.39 is 28.6 Å². The number of benzene rings is 2. The van der Waals surface area contributed by atoms with Crippen LogP contribution in [0.2, 0.25) is 0 Å². The number of phenolic OH excluding ortho intramolecular Hbond substituents is 1. The van der Waals surface area contributed by atoms with Gasteiger partial charge in [-0.1, -0.05) is 42.5 Å². The van der Waals surface area contributed by atoms with Crippen LogP contribution < -0.4 is 0 Å². The number of hydrogen-bond acceptors (Lipinski definition) is 5. The number of para-hydroxylation sites is 1. The number of aromatic hydroxyl groups is 1. The number of ketones is 1. The van der Waals surface area contributed by atoms with Crippen molar-refractivity contribution in [2.75, 3.05) is 6.54 Å². The van der Waals surface area contributed by atoms with Crippen molar-refractivity contribution in [1.82, 2.24) is 0 Å². The summed E-state index contributed by atoms with van der Waals surface area (Å²) >= 11 is 0. The van der Waals surface area contributed by atoms with E-state index >= 15 is 0 Å².